The van der Waals surface area contributed by atoms with E-state index < -0.39 is 0 Å². The van der Waals surface area contributed by atoms with Gasteiger partial charge in [0.2, 0.25) is 0 Å². The monoisotopic (exact) mass is 407 g/mol. The van der Waals surface area contributed by atoms with Gasteiger partial charge < -0.3 is 15.0 Å². The van der Waals surface area contributed by atoms with Crippen molar-refractivity contribution in [3.8, 4) is 0 Å². The van der Waals surface area contributed by atoms with E-state index in [0.717, 1.165) is 56.1 Å². The van der Waals surface area contributed by atoms with Crippen LogP contribution in [0.2, 0.25) is 0 Å². The van der Waals surface area contributed by atoms with E-state index in [1.54, 1.807) is 0 Å². The summed E-state index contributed by atoms with van der Waals surface area (Å²) in [5.41, 5.74) is 1.66. The lowest BCUT2D eigenvalue weighted by atomic mass is 9.96. The molecule has 138 valence electrons. The molecule has 1 aromatic carbocycles. The minimum atomic E-state index is 0.244. The van der Waals surface area contributed by atoms with E-state index in [2.05, 4.69) is 64.3 Å². The Kier molecular flexibility index (Phi) is 6.39. The third-order valence-corrected chi connectivity index (χ3v) is 5.79. The number of guanidine groups is 1. The van der Waals surface area contributed by atoms with Crippen molar-refractivity contribution in [1.82, 2.24) is 10.2 Å². The van der Waals surface area contributed by atoms with Crippen molar-refractivity contribution in [3.63, 3.8) is 0 Å². The second-order valence-corrected chi connectivity index (χ2v) is 8.02. The molecular formula is C20H30BrN3O. The average Bonchev–Trinajstić information content (AvgIpc) is 3.41. The lowest BCUT2D eigenvalue weighted by Gasteiger charge is -2.34. The first-order chi connectivity index (χ1) is 12.2. The normalized spacial score (nSPS) is 20.6. The fourth-order valence-electron chi connectivity index (χ4n) is 3.63. The van der Waals surface area contributed by atoms with Gasteiger partial charge in [-0.2, -0.15) is 0 Å². The Balaban J connectivity index is 1.65. The zero-order valence-corrected chi connectivity index (χ0v) is 17.0. The molecule has 0 radical (unpaired) electrons. The lowest BCUT2D eigenvalue weighted by Crippen LogP contribution is -2.47. The number of halogens is 1. The highest BCUT2D eigenvalue weighted by molar-refractivity contribution is 9.10. The van der Waals surface area contributed by atoms with Crippen LogP contribution in [0.4, 0.5) is 0 Å². The summed E-state index contributed by atoms with van der Waals surface area (Å²) >= 11 is 3.60. The molecule has 1 aromatic rings. The maximum atomic E-state index is 5.77. The molecule has 1 N–H and O–H groups in total. The van der Waals surface area contributed by atoms with Crippen molar-refractivity contribution in [2.45, 2.75) is 51.0 Å². The molecule has 1 heterocycles. The van der Waals surface area contributed by atoms with Gasteiger partial charge in [-0.05, 0) is 57.2 Å². The highest BCUT2D eigenvalue weighted by atomic mass is 79.9. The van der Waals surface area contributed by atoms with Crippen LogP contribution in [0.3, 0.4) is 0 Å². The third-order valence-electron chi connectivity index (χ3n) is 5.30. The summed E-state index contributed by atoms with van der Waals surface area (Å²) in [6, 6.07) is 8.72. The minimum Gasteiger partial charge on any atom is -0.378 e. The van der Waals surface area contributed by atoms with Crippen molar-refractivity contribution in [2.24, 2.45) is 4.99 Å². The summed E-state index contributed by atoms with van der Waals surface area (Å²) in [5.74, 6) is 1.07. The molecule has 1 aliphatic heterocycles. The van der Waals surface area contributed by atoms with Gasteiger partial charge in [0.15, 0.2) is 5.96 Å². The number of ether oxygens (including phenoxy) is 1. The van der Waals surface area contributed by atoms with Crippen LogP contribution in [0.1, 0.15) is 45.1 Å². The second-order valence-electron chi connectivity index (χ2n) is 7.10. The van der Waals surface area contributed by atoms with Gasteiger partial charge in [-0.15, -0.1) is 0 Å². The highest BCUT2D eigenvalue weighted by Crippen LogP contribution is 2.48. The van der Waals surface area contributed by atoms with Gasteiger partial charge in [-0.1, -0.05) is 28.1 Å². The zero-order valence-electron chi connectivity index (χ0n) is 15.4. The van der Waals surface area contributed by atoms with E-state index in [0.29, 0.717) is 6.10 Å². The minimum absolute atomic E-state index is 0.244. The van der Waals surface area contributed by atoms with Crippen LogP contribution in [0, 0.1) is 0 Å². The van der Waals surface area contributed by atoms with Crippen LogP contribution in [-0.4, -0.2) is 49.7 Å². The molecule has 5 heteroatoms. The number of likely N-dealkylation sites (tertiary alicyclic amines) is 1. The third kappa shape index (κ3) is 4.76. The van der Waals surface area contributed by atoms with Crippen LogP contribution in [-0.2, 0) is 10.2 Å². The Morgan fingerprint density at radius 1 is 1.32 bits per heavy atom. The molecule has 0 amide bonds. The molecular weight excluding hydrogens is 378 g/mol. The number of nitrogens with zero attached hydrogens (tertiary/aromatic N) is 2. The Morgan fingerprint density at radius 3 is 2.68 bits per heavy atom. The van der Waals surface area contributed by atoms with Crippen molar-refractivity contribution >= 4 is 21.9 Å². The maximum Gasteiger partial charge on any atom is 0.193 e. The molecule has 0 atom stereocenters. The Hall–Kier alpha value is -1.07. The molecule has 25 heavy (non-hydrogen) atoms. The SMILES string of the molecule is CCNC(=NCC1(c2cccc(Br)c2)CC1)N1CCC(OCC)CC1. The first-order valence-corrected chi connectivity index (χ1v) is 10.4. The van der Waals surface area contributed by atoms with Gasteiger partial charge in [0, 0.05) is 36.1 Å². The number of hydrogen-bond acceptors (Lipinski definition) is 2. The molecule has 0 spiro atoms. The van der Waals surface area contributed by atoms with Crippen LogP contribution in [0.25, 0.3) is 0 Å². The summed E-state index contributed by atoms with van der Waals surface area (Å²) in [6.45, 7) is 8.87. The highest BCUT2D eigenvalue weighted by Gasteiger charge is 2.44. The van der Waals surface area contributed by atoms with E-state index >= 15 is 0 Å². The number of benzene rings is 1. The molecule has 0 aromatic heterocycles. The van der Waals surface area contributed by atoms with Crippen LogP contribution in [0.5, 0.6) is 0 Å². The van der Waals surface area contributed by atoms with Gasteiger partial charge in [0.1, 0.15) is 0 Å². The molecule has 4 nitrogen and oxygen atoms in total. The van der Waals surface area contributed by atoms with Crippen molar-refractivity contribution < 1.29 is 4.74 Å². The molecule has 3 rings (SSSR count). The fourth-order valence-corrected chi connectivity index (χ4v) is 4.03. The predicted octanol–water partition coefficient (Wildman–Crippen LogP) is 3.95. The fraction of sp³-hybridized carbons (Fsp3) is 0.650. The summed E-state index contributed by atoms with van der Waals surface area (Å²) < 4.78 is 6.93. The smallest absolute Gasteiger partial charge is 0.193 e. The van der Waals surface area contributed by atoms with Gasteiger partial charge in [-0.3, -0.25) is 4.99 Å². The zero-order chi connectivity index (χ0) is 17.7. The Bertz CT molecular complexity index is 592. The van der Waals surface area contributed by atoms with Gasteiger partial charge in [0.05, 0.1) is 12.6 Å². The summed E-state index contributed by atoms with van der Waals surface area (Å²) in [5, 5.41) is 3.49. The molecule has 2 fully saturated rings. The first kappa shape index (κ1) is 18.7. The van der Waals surface area contributed by atoms with Gasteiger partial charge >= 0.3 is 0 Å². The Labute approximate surface area is 160 Å². The van der Waals surface area contributed by atoms with E-state index in [9.17, 15) is 0 Å². The van der Waals surface area contributed by atoms with E-state index in [1.807, 2.05) is 0 Å². The number of rotatable bonds is 6. The number of piperidine rings is 1. The lowest BCUT2D eigenvalue weighted by molar-refractivity contribution is 0.0263. The largest absolute Gasteiger partial charge is 0.378 e. The van der Waals surface area contributed by atoms with Crippen molar-refractivity contribution in [3.05, 3.63) is 34.3 Å². The van der Waals surface area contributed by atoms with E-state index in [1.165, 1.54) is 18.4 Å². The quantitative estimate of drug-likeness (QED) is 0.572. The molecule has 0 bridgehead atoms. The maximum absolute atomic E-state index is 5.77. The van der Waals surface area contributed by atoms with Crippen LogP contribution < -0.4 is 5.32 Å². The topological polar surface area (TPSA) is 36.9 Å². The van der Waals surface area contributed by atoms with Crippen molar-refractivity contribution in [1.29, 1.82) is 0 Å². The Morgan fingerprint density at radius 2 is 2.08 bits per heavy atom. The number of aliphatic imine (C=N–C) groups is 1. The van der Waals surface area contributed by atoms with Gasteiger partial charge in [-0.25, -0.2) is 0 Å². The molecule has 1 saturated carbocycles. The molecule has 0 unspecified atom stereocenters. The standard InChI is InChI=1S/C20H30BrN3O/c1-3-22-19(24-12-8-18(9-13-24)25-4-2)23-15-20(10-11-20)16-6-5-7-17(21)14-16/h5-7,14,18H,3-4,8-13,15H2,1-2H3,(H,22,23). The van der Waals surface area contributed by atoms with Crippen LogP contribution in [0.15, 0.2) is 33.7 Å². The molecule has 2 aliphatic rings. The van der Waals surface area contributed by atoms with E-state index in [-0.39, 0.29) is 5.41 Å². The summed E-state index contributed by atoms with van der Waals surface area (Å²) in [7, 11) is 0. The molecule has 1 saturated heterocycles. The summed E-state index contributed by atoms with van der Waals surface area (Å²) in [4.78, 5) is 7.42. The number of hydrogen-bond donors (Lipinski definition) is 1. The number of nitrogens with one attached hydrogen (secondary N) is 1. The first-order valence-electron chi connectivity index (χ1n) is 9.58. The van der Waals surface area contributed by atoms with Crippen molar-refractivity contribution in [2.75, 3.05) is 32.8 Å². The van der Waals surface area contributed by atoms with E-state index in [4.69, 9.17) is 9.73 Å². The second kappa shape index (κ2) is 8.54. The van der Waals surface area contributed by atoms with Crippen LogP contribution >= 0.6 is 15.9 Å². The summed E-state index contributed by atoms with van der Waals surface area (Å²) in [6.07, 6.45) is 5.07. The van der Waals surface area contributed by atoms with Gasteiger partial charge in [0.25, 0.3) is 0 Å². The molecule has 1 aliphatic carbocycles. The average molecular weight is 408 g/mol. The predicted molar refractivity (Wildman–Crippen MR) is 107 cm³/mol.